The smallest absolute Gasteiger partial charge is 0.0690 e. The molecule has 2 heteroatoms. The van der Waals surface area contributed by atoms with Crippen molar-refractivity contribution in [3.8, 4) is 0 Å². The van der Waals surface area contributed by atoms with Crippen LogP contribution in [-0.2, 0) is 0 Å². The SMILES string of the molecule is CC(C)c1c[nH]c2c(N)cccc12. The number of fused-ring (bicyclic) bond motifs is 1. The van der Waals surface area contributed by atoms with Crippen LogP contribution in [0.3, 0.4) is 0 Å². The summed E-state index contributed by atoms with van der Waals surface area (Å²) < 4.78 is 0. The summed E-state index contributed by atoms with van der Waals surface area (Å²) in [6.45, 7) is 4.37. The fourth-order valence-electron chi connectivity index (χ4n) is 1.68. The van der Waals surface area contributed by atoms with Crippen LogP contribution >= 0.6 is 0 Å². The Labute approximate surface area is 77.8 Å². The van der Waals surface area contributed by atoms with Gasteiger partial charge in [-0.3, -0.25) is 0 Å². The van der Waals surface area contributed by atoms with Crippen LogP contribution in [0.1, 0.15) is 25.3 Å². The Morgan fingerprint density at radius 1 is 1.31 bits per heavy atom. The summed E-state index contributed by atoms with van der Waals surface area (Å²) in [4.78, 5) is 3.21. The van der Waals surface area contributed by atoms with Gasteiger partial charge in [0.05, 0.1) is 11.2 Å². The van der Waals surface area contributed by atoms with Crippen molar-refractivity contribution in [2.75, 3.05) is 5.73 Å². The number of benzene rings is 1. The molecule has 0 aliphatic heterocycles. The van der Waals surface area contributed by atoms with E-state index in [0.717, 1.165) is 11.2 Å². The highest BCUT2D eigenvalue weighted by atomic mass is 14.7. The van der Waals surface area contributed by atoms with Gasteiger partial charge in [-0.25, -0.2) is 0 Å². The van der Waals surface area contributed by atoms with Crippen molar-refractivity contribution >= 4 is 16.6 Å². The molecule has 2 aromatic rings. The second kappa shape index (κ2) is 2.80. The minimum Gasteiger partial charge on any atom is -0.397 e. The van der Waals surface area contributed by atoms with Crippen LogP contribution in [0.2, 0.25) is 0 Å². The average molecular weight is 174 g/mol. The lowest BCUT2D eigenvalue weighted by atomic mass is 10.0. The molecule has 0 bridgehead atoms. The predicted molar refractivity (Wildman–Crippen MR) is 56.8 cm³/mol. The average Bonchev–Trinajstić information content (AvgIpc) is 2.48. The van der Waals surface area contributed by atoms with E-state index in [1.165, 1.54) is 10.9 Å². The number of aromatic nitrogens is 1. The summed E-state index contributed by atoms with van der Waals surface area (Å²) in [5.41, 5.74) is 9.06. The topological polar surface area (TPSA) is 41.8 Å². The number of para-hydroxylation sites is 1. The van der Waals surface area contributed by atoms with E-state index in [2.05, 4.69) is 24.9 Å². The lowest BCUT2D eigenvalue weighted by Gasteiger charge is -2.02. The molecule has 0 fully saturated rings. The van der Waals surface area contributed by atoms with Crippen LogP contribution in [0.4, 0.5) is 5.69 Å². The first-order chi connectivity index (χ1) is 6.20. The van der Waals surface area contributed by atoms with E-state index < -0.39 is 0 Å². The summed E-state index contributed by atoms with van der Waals surface area (Å²) in [7, 11) is 0. The van der Waals surface area contributed by atoms with E-state index in [1.807, 2.05) is 18.3 Å². The van der Waals surface area contributed by atoms with Gasteiger partial charge in [0, 0.05) is 11.6 Å². The number of rotatable bonds is 1. The molecule has 2 rings (SSSR count). The lowest BCUT2D eigenvalue weighted by Crippen LogP contribution is -1.86. The van der Waals surface area contributed by atoms with Crippen LogP contribution in [0.15, 0.2) is 24.4 Å². The van der Waals surface area contributed by atoms with Gasteiger partial charge in [0.2, 0.25) is 0 Å². The van der Waals surface area contributed by atoms with Gasteiger partial charge in [-0.05, 0) is 17.5 Å². The van der Waals surface area contributed by atoms with E-state index in [-0.39, 0.29) is 0 Å². The summed E-state index contributed by atoms with van der Waals surface area (Å²) in [5, 5.41) is 1.25. The van der Waals surface area contributed by atoms with Crippen molar-refractivity contribution in [2.45, 2.75) is 19.8 Å². The van der Waals surface area contributed by atoms with E-state index in [1.54, 1.807) is 0 Å². The van der Waals surface area contributed by atoms with Crippen molar-refractivity contribution in [3.63, 3.8) is 0 Å². The Kier molecular flexibility index (Phi) is 1.76. The highest BCUT2D eigenvalue weighted by Crippen LogP contribution is 2.27. The fourth-order valence-corrected chi connectivity index (χ4v) is 1.68. The van der Waals surface area contributed by atoms with Crippen LogP contribution in [0.5, 0.6) is 0 Å². The molecule has 2 nitrogen and oxygen atoms in total. The normalized spacial score (nSPS) is 11.3. The molecule has 0 saturated heterocycles. The second-order valence-electron chi connectivity index (χ2n) is 3.67. The second-order valence-corrected chi connectivity index (χ2v) is 3.67. The first-order valence-corrected chi connectivity index (χ1v) is 4.55. The van der Waals surface area contributed by atoms with E-state index in [9.17, 15) is 0 Å². The molecule has 0 saturated carbocycles. The number of anilines is 1. The first kappa shape index (κ1) is 8.17. The van der Waals surface area contributed by atoms with E-state index in [0.29, 0.717) is 5.92 Å². The third-order valence-electron chi connectivity index (χ3n) is 2.40. The molecule has 13 heavy (non-hydrogen) atoms. The molecular formula is C11H14N2. The van der Waals surface area contributed by atoms with Crippen LogP contribution in [0, 0.1) is 0 Å². The van der Waals surface area contributed by atoms with Gasteiger partial charge in [0.15, 0.2) is 0 Å². The lowest BCUT2D eigenvalue weighted by molar-refractivity contribution is 0.875. The van der Waals surface area contributed by atoms with E-state index in [4.69, 9.17) is 5.73 Å². The number of nitrogens with two attached hydrogens (primary N) is 1. The molecule has 0 spiro atoms. The third kappa shape index (κ3) is 1.18. The number of aromatic amines is 1. The number of H-pyrrole nitrogens is 1. The van der Waals surface area contributed by atoms with Gasteiger partial charge >= 0.3 is 0 Å². The highest BCUT2D eigenvalue weighted by molar-refractivity contribution is 5.92. The maximum atomic E-state index is 5.84. The monoisotopic (exact) mass is 174 g/mol. The van der Waals surface area contributed by atoms with Crippen LogP contribution in [0.25, 0.3) is 10.9 Å². The summed E-state index contributed by atoms with van der Waals surface area (Å²) in [5.74, 6) is 0.538. The molecule has 1 aromatic heterocycles. The Hall–Kier alpha value is -1.44. The third-order valence-corrected chi connectivity index (χ3v) is 2.40. The molecule has 1 heterocycles. The quantitative estimate of drug-likeness (QED) is 0.641. The van der Waals surface area contributed by atoms with Gasteiger partial charge in [-0.15, -0.1) is 0 Å². The van der Waals surface area contributed by atoms with Crippen molar-refractivity contribution in [1.29, 1.82) is 0 Å². The maximum Gasteiger partial charge on any atom is 0.0690 e. The molecule has 0 amide bonds. The minimum absolute atomic E-state index is 0.538. The summed E-state index contributed by atoms with van der Waals surface area (Å²) in [6, 6.07) is 6.03. The predicted octanol–water partition coefficient (Wildman–Crippen LogP) is 2.87. The number of nitrogens with one attached hydrogen (secondary N) is 1. The largest absolute Gasteiger partial charge is 0.397 e. The molecule has 0 aliphatic carbocycles. The Balaban J connectivity index is 2.75. The number of hydrogen-bond donors (Lipinski definition) is 2. The molecular weight excluding hydrogens is 160 g/mol. The molecule has 0 aliphatic rings. The van der Waals surface area contributed by atoms with E-state index >= 15 is 0 Å². The fraction of sp³-hybridized carbons (Fsp3) is 0.273. The summed E-state index contributed by atoms with van der Waals surface area (Å²) in [6.07, 6.45) is 2.05. The van der Waals surface area contributed by atoms with Crippen LogP contribution in [-0.4, -0.2) is 4.98 Å². The zero-order valence-corrected chi connectivity index (χ0v) is 7.96. The molecule has 3 N–H and O–H groups in total. The standard InChI is InChI=1S/C11H14N2/c1-7(2)9-6-13-11-8(9)4-3-5-10(11)12/h3-7,13H,12H2,1-2H3. The Morgan fingerprint density at radius 2 is 2.08 bits per heavy atom. The molecule has 0 atom stereocenters. The molecule has 0 radical (unpaired) electrons. The Morgan fingerprint density at radius 3 is 2.77 bits per heavy atom. The van der Waals surface area contributed by atoms with Gasteiger partial charge in [-0.2, -0.15) is 0 Å². The number of hydrogen-bond acceptors (Lipinski definition) is 1. The molecule has 1 aromatic carbocycles. The van der Waals surface area contributed by atoms with Crippen molar-refractivity contribution in [2.24, 2.45) is 0 Å². The maximum absolute atomic E-state index is 5.84. The zero-order valence-electron chi connectivity index (χ0n) is 7.96. The molecule has 68 valence electrons. The first-order valence-electron chi connectivity index (χ1n) is 4.55. The van der Waals surface area contributed by atoms with Gasteiger partial charge in [0.1, 0.15) is 0 Å². The molecule has 0 unspecified atom stereocenters. The van der Waals surface area contributed by atoms with Crippen molar-refractivity contribution in [3.05, 3.63) is 30.0 Å². The van der Waals surface area contributed by atoms with Gasteiger partial charge < -0.3 is 10.7 Å². The van der Waals surface area contributed by atoms with Crippen LogP contribution < -0.4 is 5.73 Å². The minimum atomic E-state index is 0.538. The zero-order chi connectivity index (χ0) is 9.42. The Bertz CT molecular complexity index is 427. The number of nitrogen functional groups attached to an aromatic ring is 1. The highest BCUT2D eigenvalue weighted by Gasteiger charge is 2.07. The summed E-state index contributed by atoms with van der Waals surface area (Å²) >= 11 is 0. The van der Waals surface area contributed by atoms with Crippen molar-refractivity contribution < 1.29 is 0 Å². The van der Waals surface area contributed by atoms with Crippen molar-refractivity contribution in [1.82, 2.24) is 4.98 Å². The van der Waals surface area contributed by atoms with Gasteiger partial charge in [-0.1, -0.05) is 26.0 Å². The van der Waals surface area contributed by atoms with Gasteiger partial charge in [0.25, 0.3) is 0 Å².